The number of likely N-dealkylation sites (tertiary alicyclic amines) is 1. The predicted octanol–water partition coefficient (Wildman–Crippen LogP) is 3.48. The molecule has 2 N–H and O–H groups in total. The Labute approximate surface area is 140 Å². The van der Waals surface area contributed by atoms with Crippen molar-refractivity contribution < 1.29 is 9.52 Å². The molecule has 0 spiro atoms. The normalized spacial score (nSPS) is 24.6. The molecule has 0 radical (unpaired) electrons. The lowest BCUT2D eigenvalue weighted by atomic mass is 9.92. The summed E-state index contributed by atoms with van der Waals surface area (Å²) in [4.78, 5) is 2.72. The largest absolute Gasteiger partial charge is 0.467 e. The molecule has 23 heavy (non-hydrogen) atoms. The van der Waals surface area contributed by atoms with Gasteiger partial charge in [0.25, 0.3) is 0 Å². The number of nitrogens with one attached hydrogen (secondary N) is 1. The maximum atomic E-state index is 10.2. The second-order valence-electron chi connectivity index (χ2n) is 7.44. The third-order valence-corrected chi connectivity index (χ3v) is 5.59. The van der Waals surface area contributed by atoms with Crippen molar-refractivity contribution in [2.24, 2.45) is 0 Å². The third-order valence-electron chi connectivity index (χ3n) is 5.59. The molecule has 4 heteroatoms. The molecular formula is C19H32N2O2. The predicted molar refractivity (Wildman–Crippen MR) is 92.4 cm³/mol. The molecule has 1 saturated heterocycles. The standard InChI is InChI=1S/C19H32N2O2/c1-15(14-18(22)19-8-5-13-23-19)20-16-9-11-21(12-10-16)17-6-3-2-4-7-17/h5,8,13,15-18,20,22H,2-4,6-7,9-12,14H2,1H3. The summed E-state index contributed by atoms with van der Waals surface area (Å²) in [6, 6.07) is 5.43. The smallest absolute Gasteiger partial charge is 0.132 e. The molecule has 2 heterocycles. The van der Waals surface area contributed by atoms with Gasteiger partial charge in [-0.2, -0.15) is 0 Å². The fourth-order valence-corrected chi connectivity index (χ4v) is 4.28. The maximum Gasteiger partial charge on any atom is 0.132 e. The minimum atomic E-state index is -0.505. The Kier molecular flexibility index (Phi) is 6.15. The average molecular weight is 320 g/mol. The van der Waals surface area contributed by atoms with Gasteiger partial charge in [-0.05, 0) is 64.3 Å². The highest BCUT2D eigenvalue weighted by Gasteiger charge is 2.27. The van der Waals surface area contributed by atoms with Crippen molar-refractivity contribution in [3.8, 4) is 0 Å². The van der Waals surface area contributed by atoms with Crippen LogP contribution in [0.25, 0.3) is 0 Å². The van der Waals surface area contributed by atoms with Gasteiger partial charge >= 0.3 is 0 Å². The van der Waals surface area contributed by atoms with E-state index in [0.717, 1.165) is 6.04 Å². The summed E-state index contributed by atoms with van der Waals surface area (Å²) in [6.45, 7) is 4.63. The van der Waals surface area contributed by atoms with E-state index in [1.807, 2.05) is 12.1 Å². The first-order valence-electron chi connectivity index (χ1n) is 9.44. The van der Waals surface area contributed by atoms with Crippen LogP contribution in [0.5, 0.6) is 0 Å². The Balaban J connectivity index is 1.38. The molecule has 2 unspecified atom stereocenters. The van der Waals surface area contributed by atoms with Crippen molar-refractivity contribution in [2.75, 3.05) is 13.1 Å². The number of aliphatic hydroxyl groups excluding tert-OH is 1. The fraction of sp³-hybridized carbons (Fsp3) is 0.789. The van der Waals surface area contributed by atoms with Gasteiger partial charge in [0.1, 0.15) is 11.9 Å². The summed E-state index contributed by atoms with van der Waals surface area (Å²) in [7, 11) is 0. The zero-order valence-corrected chi connectivity index (χ0v) is 14.4. The van der Waals surface area contributed by atoms with Crippen molar-refractivity contribution in [3.63, 3.8) is 0 Å². The first-order valence-corrected chi connectivity index (χ1v) is 9.44. The summed E-state index contributed by atoms with van der Waals surface area (Å²) < 4.78 is 5.28. The Morgan fingerprint density at radius 1 is 1.22 bits per heavy atom. The van der Waals surface area contributed by atoms with Crippen molar-refractivity contribution >= 4 is 0 Å². The maximum absolute atomic E-state index is 10.2. The molecule has 0 bridgehead atoms. The molecule has 0 amide bonds. The van der Waals surface area contributed by atoms with E-state index in [4.69, 9.17) is 4.42 Å². The number of hydrogen-bond acceptors (Lipinski definition) is 4. The van der Waals surface area contributed by atoms with Gasteiger partial charge in [-0.15, -0.1) is 0 Å². The monoisotopic (exact) mass is 320 g/mol. The summed E-state index contributed by atoms with van der Waals surface area (Å²) in [5, 5.41) is 13.9. The molecule has 2 atom stereocenters. The summed E-state index contributed by atoms with van der Waals surface area (Å²) in [6.07, 6.45) is 11.4. The van der Waals surface area contributed by atoms with E-state index in [9.17, 15) is 5.11 Å². The lowest BCUT2D eigenvalue weighted by Crippen LogP contribution is -2.49. The van der Waals surface area contributed by atoms with Gasteiger partial charge in [0, 0.05) is 18.1 Å². The summed E-state index contributed by atoms with van der Waals surface area (Å²) >= 11 is 0. The van der Waals surface area contributed by atoms with E-state index in [1.54, 1.807) is 6.26 Å². The van der Waals surface area contributed by atoms with Gasteiger partial charge in [-0.1, -0.05) is 19.3 Å². The number of hydrogen-bond donors (Lipinski definition) is 2. The molecule has 3 rings (SSSR count). The van der Waals surface area contributed by atoms with Gasteiger partial charge < -0.3 is 19.7 Å². The third kappa shape index (κ3) is 4.82. The molecule has 1 aliphatic carbocycles. The average Bonchev–Trinajstić information content (AvgIpc) is 3.11. The lowest BCUT2D eigenvalue weighted by molar-refractivity contribution is 0.102. The van der Waals surface area contributed by atoms with Crippen LogP contribution in [0, 0.1) is 0 Å². The molecule has 1 saturated carbocycles. The van der Waals surface area contributed by atoms with Crippen molar-refractivity contribution in [1.82, 2.24) is 10.2 Å². The Bertz CT molecular complexity index is 434. The molecule has 1 aromatic heterocycles. The zero-order chi connectivity index (χ0) is 16.1. The second kappa shape index (κ2) is 8.32. The summed E-state index contributed by atoms with van der Waals surface area (Å²) in [5.41, 5.74) is 0. The van der Waals surface area contributed by atoms with Crippen molar-refractivity contribution in [3.05, 3.63) is 24.2 Å². The van der Waals surface area contributed by atoms with Crippen LogP contribution in [0.3, 0.4) is 0 Å². The molecule has 4 nitrogen and oxygen atoms in total. The first-order chi connectivity index (χ1) is 11.2. The van der Waals surface area contributed by atoms with Crippen molar-refractivity contribution in [2.45, 2.75) is 82.5 Å². The SMILES string of the molecule is CC(CC(O)c1ccco1)NC1CCN(C2CCCCC2)CC1. The van der Waals surface area contributed by atoms with Gasteiger partial charge in [0.05, 0.1) is 6.26 Å². The molecular weight excluding hydrogens is 288 g/mol. The number of aliphatic hydroxyl groups is 1. The number of nitrogens with zero attached hydrogens (tertiary/aromatic N) is 1. The molecule has 2 fully saturated rings. The van der Waals surface area contributed by atoms with E-state index < -0.39 is 6.10 Å². The highest BCUT2D eigenvalue weighted by Crippen LogP contribution is 2.26. The van der Waals surface area contributed by atoms with Crippen molar-refractivity contribution in [1.29, 1.82) is 0 Å². The number of piperidine rings is 1. The molecule has 1 aliphatic heterocycles. The fourth-order valence-electron chi connectivity index (χ4n) is 4.28. The Hall–Kier alpha value is -0.840. The lowest BCUT2D eigenvalue weighted by Gasteiger charge is -2.40. The highest BCUT2D eigenvalue weighted by molar-refractivity contribution is 5.02. The molecule has 130 valence electrons. The highest BCUT2D eigenvalue weighted by atomic mass is 16.4. The van der Waals surface area contributed by atoms with Gasteiger partial charge in [0.2, 0.25) is 0 Å². The van der Waals surface area contributed by atoms with Gasteiger partial charge in [0.15, 0.2) is 0 Å². The number of furan rings is 1. The van der Waals surface area contributed by atoms with Gasteiger partial charge in [-0.25, -0.2) is 0 Å². The quantitative estimate of drug-likeness (QED) is 0.842. The molecule has 0 aromatic carbocycles. The van der Waals surface area contributed by atoms with E-state index >= 15 is 0 Å². The van der Waals surface area contributed by atoms with Crippen LogP contribution >= 0.6 is 0 Å². The van der Waals surface area contributed by atoms with E-state index in [0.29, 0.717) is 24.3 Å². The minimum absolute atomic E-state index is 0.307. The minimum Gasteiger partial charge on any atom is -0.467 e. The van der Waals surface area contributed by atoms with E-state index in [1.165, 1.54) is 58.0 Å². The van der Waals surface area contributed by atoms with Crippen LogP contribution in [-0.2, 0) is 0 Å². The zero-order valence-electron chi connectivity index (χ0n) is 14.4. The van der Waals surface area contributed by atoms with Crippen LogP contribution in [0.2, 0.25) is 0 Å². The second-order valence-corrected chi connectivity index (χ2v) is 7.44. The van der Waals surface area contributed by atoms with Gasteiger partial charge in [-0.3, -0.25) is 0 Å². The van der Waals surface area contributed by atoms with Crippen LogP contribution in [0.15, 0.2) is 22.8 Å². The number of rotatable bonds is 6. The topological polar surface area (TPSA) is 48.6 Å². The van der Waals surface area contributed by atoms with Crippen LogP contribution < -0.4 is 5.32 Å². The van der Waals surface area contributed by atoms with Crippen LogP contribution in [-0.4, -0.2) is 41.2 Å². The van der Waals surface area contributed by atoms with E-state index in [-0.39, 0.29) is 0 Å². The Morgan fingerprint density at radius 3 is 2.61 bits per heavy atom. The molecule has 1 aromatic rings. The van der Waals surface area contributed by atoms with Crippen LogP contribution in [0.4, 0.5) is 0 Å². The van der Waals surface area contributed by atoms with E-state index in [2.05, 4.69) is 17.1 Å². The molecule has 2 aliphatic rings. The first kappa shape index (κ1) is 17.0. The summed E-state index contributed by atoms with van der Waals surface area (Å²) in [5.74, 6) is 0.672. The Morgan fingerprint density at radius 2 is 1.96 bits per heavy atom. The van der Waals surface area contributed by atoms with Crippen LogP contribution in [0.1, 0.15) is 70.2 Å².